The van der Waals surface area contributed by atoms with Crippen LogP contribution in [0.25, 0.3) is 0 Å². The third kappa shape index (κ3) is 4.17. The number of thiophene rings is 1. The van der Waals surface area contributed by atoms with E-state index >= 15 is 0 Å². The molecule has 28 heavy (non-hydrogen) atoms. The van der Waals surface area contributed by atoms with Crippen molar-refractivity contribution in [2.45, 2.75) is 27.7 Å². The van der Waals surface area contributed by atoms with Gasteiger partial charge in [0.05, 0.1) is 5.56 Å². The number of nitrogens with zero attached hydrogens (tertiary/aromatic N) is 2. The lowest BCUT2D eigenvalue weighted by Gasteiger charge is -2.09. The summed E-state index contributed by atoms with van der Waals surface area (Å²) in [5.41, 5.74) is 9.44. The number of anilines is 3. The van der Waals surface area contributed by atoms with Crippen molar-refractivity contribution in [3.8, 4) is 0 Å². The number of carbonyl (C=O) groups is 2. The van der Waals surface area contributed by atoms with E-state index in [0.29, 0.717) is 27.8 Å². The summed E-state index contributed by atoms with van der Waals surface area (Å²) in [5, 5.41) is 6.37. The van der Waals surface area contributed by atoms with Crippen molar-refractivity contribution in [3.63, 3.8) is 0 Å². The highest BCUT2D eigenvalue weighted by molar-refractivity contribution is 7.16. The Balaban J connectivity index is 1.83. The summed E-state index contributed by atoms with van der Waals surface area (Å²) in [4.78, 5) is 34.1. The van der Waals surface area contributed by atoms with Gasteiger partial charge in [-0.2, -0.15) is 0 Å². The predicted molar refractivity (Wildman–Crippen MR) is 111 cm³/mol. The van der Waals surface area contributed by atoms with Crippen molar-refractivity contribution < 1.29 is 9.59 Å². The third-order valence-corrected chi connectivity index (χ3v) is 5.34. The minimum absolute atomic E-state index is 0.325. The van der Waals surface area contributed by atoms with Crippen LogP contribution in [0.5, 0.6) is 0 Å². The van der Waals surface area contributed by atoms with E-state index in [-0.39, 0.29) is 5.91 Å². The number of benzene rings is 1. The van der Waals surface area contributed by atoms with E-state index in [1.54, 1.807) is 18.2 Å². The fourth-order valence-corrected chi connectivity index (χ4v) is 3.90. The number of aromatic nitrogens is 2. The van der Waals surface area contributed by atoms with Crippen molar-refractivity contribution in [2.24, 2.45) is 5.73 Å². The highest BCUT2D eigenvalue weighted by atomic mass is 32.1. The van der Waals surface area contributed by atoms with Gasteiger partial charge in [0.1, 0.15) is 5.00 Å². The molecule has 0 spiro atoms. The summed E-state index contributed by atoms with van der Waals surface area (Å²) in [6.07, 6.45) is 0. The third-order valence-electron chi connectivity index (χ3n) is 4.22. The Morgan fingerprint density at radius 1 is 1.04 bits per heavy atom. The molecule has 0 fully saturated rings. The van der Waals surface area contributed by atoms with Crippen LogP contribution in [0.3, 0.4) is 0 Å². The van der Waals surface area contributed by atoms with Gasteiger partial charge >= 0.3 is 0 Å². The van der Waals surface area contributed by atoms with E-state index in [1.807, 2.05) is 39.8 Å². The maximum absolute atomic E-state index is 12.7. The Morgan fingerprint density at radius 3 is 2.36 bits per heavy atom. The van der Waals surface area contributed by atoms with Gasteiger partial charge in [0.25, 0.3) is 11.8 Å². The summed E-state index contributed by atoms with van der Waals surface area (Å²) < 4.78 is 0. The lowest BCUT2D eigenvalue weighted by Crippen LogP contribution is -2.17. The molecule has 2 aromatic heterocycles. The van der Waals surface area contributed by atoms with Gasteiger partial charge in [-0.15, -0.1) is 11.3 Å². The average molecular weight is 395 g/mol. The second-order valence-electron chi connectivity index (χ2n) is 6.49. The largest absolute Gasteiger partial charge is 0.365 e. The van der Waals surface area contributed by atoms with Crippen LogP contribution in [-0.4, -0.2) is 21.8 Å². The Bertz CT molecular complexity index is 1050. The molecule has 0 atom stereocenters. The maximum atomic E-state index is 12.7. The highest BCUT2D eigenvalue weighted by Crippen LogP contribution is 2.32. The van der Waals surface area contributed by atoms with Gasteiger partial charge in [-0.05, 0) is 57.5 Å². The molecule has 8 heteroatoms. The van der Waals surface area contributed by atoms with Gasteiger partial charge in [-0.1, -0.05) is 6.07 Å². The molecule has 0 aliphatic carbocycles. The number of nitrogens with one attached hydrogen (secondary N) is 2. The quantitative estimate of drug-likeness (QED) is 0.607. The molecule has 0 aliphatic heterocycles. The fourth-order valence-electron chi connectivity index (χ4n) is 2.84. The molecule has 1 aromatic carbocycles. The van der Waals surface area contributed by atoms with Crippen molar-refractivity contribution in [3.05, 3.63) is 63.3 Å². The van der Waals surface area contributed by atoms with Crippen LogP contribution in [0.2, 0.25) is 0 Å². The highest BCUT2D eigenvalue weighted by Gasteiger charge is 2.19. The lowest BCUT2D eigenvalue weighted by atomic mass is 10.1. The average Bonchev–Trinajstić information content (AvgIpc) is 2.88. The van der Waals surface area contributed by atoms with E-state index in [4.69, 9.17) is 5.73 Å². The maximum Gasteiger partial charge on any atom is 0.256 e. The van der Waals surface area contributed by atoms with Crippen LogP contribution in [0, 0.1) is 27.7 Å². The predicted octanol–water partition coefficient (Wildman–Crippen LogP) is 3.87. The first-order chi connectivity index (χ1) is 13.2. The zero-order chi connectivity index (χ0) is 20.4. The van der Waals surface area contributed by atoms with Crippen LogP contribution < -0.4 is 16.4 Å². The minimum atomic E-state index is -0.556. The van der Waals surface area contributed by atoms with Crippen molar-refractivity contribution in [1.82, 2.24) is 9.97 Å². The summed E-state index contributed by atoms with van der Waals surface area (Å²) in [6, 6.07) is 8.87. The molecule has 0 radical (unpaired) electrons. The smallest absolute Gasteiger partial charge is 0.256 e. The molecule has 0 saturated carbocycles. The first-order valence-electron chi connectivity index (χ1n) is 8.65. The topological polar surface area (TPSA) is 110 Å². The number of carbonyl (C=O) groups excluding carboxylic acids is 2. The fraction of sp³-hybridized carbons (Fsp3) is 0.200. The number of hydrogen-bond acceptors (Lipinski definition) is 6. The number of primary amides is 1. The Hall–Kier alpha value is -3.26. The monoisotopic (exact) mass is 395 g/mol. The molecule has 2 amide bonds. The first kappa shape index (κ1) is 19.5. The van der Waals surface area contributed by atoms with E-state index in [0.717, 1.165) is 21.8 Å². The Labute approximate surface area is 167 Å². The SMILES string of the molecule is Cc1cc(C)nc(Nc2cccc(C(=O)Nc3sc(C)c(C)c3C(N)=O)c2)n1. The van der Waals surface area contributed by atoms with Crippen molar-refractivity contribution in [1.29, 1.82) is 0 Å². The van der Waals surface area contributed by atoms with Gasteiger partial charge in [0.15, 0.2) is 0 Å². The summed E-state index contributed by atoms with van der Waals surface area (Å²) >= 11 is 1.33. The summed E-state index contributed by atoms with van der Waals surface area (Å²) in [5.74, 6) is -0.413. The number of amides is 2. The molecule has 0 unspecified atom stereocenters. The van der Waals surface area contributed by atoms with Crippen molar-refractivity contribution >= 4 is 39.8 Å². The van der Waals surface area contributed by atoms with Crippen LogP contribution in [0.4, 0.5) is 16.6 Å². The van der Waals surface area contributed by atoms with Crippen molar-refractivity contribution in [2.75, 3.05) is 10.6 Å². The van der Waals surface area contributed by atoms with E-state index in [9.17, 15) is 9.59 Å². The number of aryl methyl sites for hydroxylation is 3. The molecule has 3 rings (SSSR count). The number of hydrogen-bond donors (Lipinski definition) is 3. The minimum Gasteiger partial charge on any atom is -0.365 e. The molecule has 4 N–H and O–H groups in total. The van der Waals surface area contributed by atoms with Crippen LogP contribution in [-0.2, 0) is 0 Å². The molecular weight excluding hydrogens is 374 g/mol. The zero-order valence-corrected chi connectivity index (χ0v) is 16.9. The zero-order valence-electron chi connectivity index (χ0n) is 16.1. The molecule has 7 nitrogen and oxygen atoms in total. The van der Waals surface area contributed by atoms with Crippen LogP contribution in [0.1, 0.15) is 42.5 Å². The molecular formula is C20H21N5O2S. The molecule has 144 valence electrons. The lowest BCUT2D eigenvalue weighted by molar-refractivity contribution is 0.100. The van der Waals surface area contributed by atoms with E-state index in [2.05, 4.69) is 20.6 Å². The van der Waals surface area contributed by atoms with Crippen LogP contribution >= 0.6 is 11.3 Å². The normalized spacial score (nSPS) is 10.6. The first-order valence-corrected chi connectivity index (χ1v) is 9.46. The second kappa shape index (κ2) is 7.77. The van der Waals surface area contributed by atoms with E-state index < -0.39 is 5.91 Å². The number of rotatable bonds is 5. The molecule has 3 aromatic rings. The molecule has 0 bridgehead atoms. The molecule has 0 aliphatic rings. The standard InChI is InChI=1S/C20H21N5O2S/c1-10-8-11(2)23-20(22-10)24-15-7-5-6-14(9-15)18(27)25-19-16(17(21)26)12(3)13(4)28-19/h5-9H,1-4H3,(H2,21,26)(H,25,27)(H,22,23,24). The summed E-state index contributed by atoms with van der Waals surface area (Å²) in [6.45, 7) is 7.49. The van der Waals surface area contributed by atoms with Crippen LogP contribution in [0.15, 0.2) is 30.3 Å². The van der Waals surface area contributed by atoms with Gasteiger partial charge in [0.2, 0.25) is 5.95 Å². The van der Waals surface area contributed by atoms with Gasteiger partial charge < -0.3 is 16.4 Å². The molecule has 2 heterocycles. The second-order valence-corrected chi connectivity index (χ2v) is 7.71. The molecule has 0 saturated heterocycles. The Morgan fingerprint density at radius 2 is 1.71 bits per heavy atom. The van der Waals surface area contributed by atoms with Gasteiger partial charge in [-0.3, -0.25) is 9.59 Å². The van der Waals surface area contributed by atoms with Gasteiger partial charge in [0, 0.05) is 27.5 Å². The van der Waals surface area contributed by atoms with Gasteiger partial charge in [-0.25, -0.2) is 9.97 Å². The number of nitrogens with two attached hydrogens (primary N) is 1. The Kier molecular flexibility index (Phi) is 5.41. The van der Waals surface area contributed by atoms with E-state index in [1.165, 1.54) is 11.3 Å². The summed E-state index contributed by atoms with van der Waals surface area (Å²) in [7, 11) is 0.